The molecule has 6 heterocycles. The van der Waals surface area contributed by atoms with Gasteiger partial charge in [0.15, 0.2) is 11.5 Å². The molecular formula is C45H55N9O6. The number of aromatic nitrogens is 5. The van der Waals surface area contributed by atoms with Crippen molar-refractivity contribution in [3.8, 4) is 17.2 Å². The number of hydroxylamine groups is 1. The summed E-state index contributed by atoms with van der Waals surface area (Å²) in [4.78, 5) is 36.7. The number of benzene rings is 2. The molecule has 316 valence electrons. The first kappa shape index (κ1) is 39.8. The summed E-state index contributed by atoms with van der Waals surface area (Å²) in [5.74, 6) is 2.50. The first-order valence-corrected chi connectivity index (χ1v) is 21.4. The number of nitrogens with one attached hydrogen (secondary N) is 1. The molecule has 2 bridgehead atoms. The Kier molecular flexibility index (Phi) is 11.1. The molecule has 1 aliphatic carbocycles. The highest BCUT2D eigenvalue weighted by molar-refractivity contribution is 5.90. The largest absolute Gasteiger partial charge is 0.492 e. The summed E-state index contributed by atoms with van der Waals surface area (Å²) in [7, 11) is 0. The first-order valence-electron chi connectivity index (χ1n) is 21.4. The number of carbonyl (C=O) groups excluding carboxylic acids is 2. The fraction of sp³-hybridized carbons (Fsp3) is 0.489. The van der Waals surface area contributed by atoms with Crippen LogP contribution in [-0.2, 0) is 19.8 Å². The highest BCUT2D eigenvalue weighted by atomic mass is 16.7. The number of nitrogens with zero attached hydrogens (tertiary/aromatic N) is 8. The average molecular weight is 818 g/mol. The van der Waals surface area contributed by atoms with Crippen LogP contribution in [0.15, 0.2) is 72.9 Å². The quantitative estimate of drug-likeness (QED) is 0.102. The zero-order valence-corrected chi connectivity index (χ0v) is 34.9. The second-order valence-electron chi connectivity index (χ2n) is 17.5. The number of rotatable bonds is 12. The predicted molar refractivity (Wildman–Crippen MR) is 226 cm³/mol. The lowest BCUT2D eigenvalue weighted by Crippen LogP contribution is -2.47. The van der Waals surface area contributed by atoms with Crippen LogP contribution in [0.1, 0.15) is 102 Å². The van der Waals surface area contributed by atoms with Gasteiger partial charge in [0.2, 0.25) is 5.95 Å². The summed E-state index contributed by atoms with van der Waals surface area (Å²) in [6.07, 6.45) is 8.75. The molecular weight excluding hydrogens is 763 g/mol. The highest BCUT2D eigenvalue weighted by Gasteiger charge is 2.37. The van der Waals surface area contributed by atoms with E-state index in [0.717, 1.165) is 79.8 Å². The SMILES string of the molecule is C[C@H]1CCCCN1c1nnc2ccc(O[C@@H]3CC[C@H](NC(=O)N(OC=O)c4cc(C(C)(C)C)nn4-c4cccc(OCCN5C6CCC5COC6)c4)c4ccccc43)cn12. The normalized spacial score (nSPS) is 22.9. The Labute approximate surface area is 350 Å². The Bertz CT molecular complexity index is 2310. The lowest BCUT2D eigenvalue weighted by Gasteiger charge is -2.34. The zero-order valence-electron chi connectivity index (χ0n) is 34.9. The molecule has 3 fully saturated rings. The topological polar surface area (TPSA) is 141 Å². The molecule has 0 radical (unpaired) electrons. The third-order valence-electron chi connectivity index (χ3n) is 12.5. The standard InChI is InChI=1S/C45H55N9O6/c1-30-10-7-8-21-50(30)43-48-47-41-20-17-35(26-52(41)43)60-39-19-18-38(36-13-5-6-14-37(36)39)46-44(56)54(59-29-55)42-25-40(45(2,3)4)49-53(42)31-11-9-12-34(24-31)58-23-22-51-32-15-16-33(51)28-57-27-32/h5-6,9,11-14,17,20,24-26,29-30,32-33,38-39H,7-8,10,15-16,18-19,21-23,27-28H2,1-4H3,(H,46,56)/t30-,32?,33?,38-,39+/m0/s1. The van der Waals surface area contributed by atoms with Gasteiger partial charge in [-0.15, -0.1) is 15.3 Å². The van der Waals surface area contributed by atoms with Gasteiger partial charge in [0.05, 0.1) is 36.8 Å². The number of carbonyl (C=O) groups is 2. The molecule has 5 aromatic rings. The van der Waals surface area contributed by atoms with Crippen LogP contribution in [0.2, 0.25) is 0 Å². The summed E-state index contributed by atoms with van der Waals surface area (Å²) < 4.78 is 22.4. The number of amides is 2. The maximum Gasteiger partial charge on any atom is 0.357 e. The molecule has 15 heteroatoms. The summed E-state index contributed by atoms with van der Waals surface area (Å²) in [5, 5.41) is 18.1. The van der Waals surface area contributed by atoms with Gasteiger partial charge in [0, 0.05) is 48.8 Å². The van der Waals surface area contributed by atoms with Crippen LogP contribution in [-0.4, -0.2) is 92.8 Å². The van der Waals surface area contributed by atoms with Crippen molar-refractivity contribution in [3.05, 3.63) is 89.7 Å². The van der Waals surface area contributed by atoms with E-state index in [1.54, 1.807) is 10.7 Å². The van der Waals surface area contributed by atoms with E-state index in [1.807, 2.05) is 92.0 Å². The molecule has 2 unspecified atom stereocenters. The molecule has 1 N–H and O–H groups in total. The van der Waals surface area contributed by atoms with E-state index in [-0.39, 0.29) is 29.9 Å². The van der Waals surface area contributed by atoms with Gasteiger partial charge in [-0.3, -0.25) is 14.1 Å². The summed E-state index contributed by atoms with van der Waals surface area (Å²) in [6, 6.07) is 21.6. The van der Waals surface area contributed by atoms with Gasteiger partial charge < -0.3 is 29.3 Å². The van der Waals surface area contributed by atoms with Gasteiger partial charge in [0.25, 0.3) is 0 Å². The van der Waals surface area contributed by atoms with Crippen LogP contribution >= 0.6 is 0 Å². The fourth-order valence-corrected chi connectivity index (χ4v) is 9.29. The number of anilines is 2. The van der Waals surface area contributed by atoms with E-state index in [9.17, 15) is 9.59 Å². The number of hydrogen-bond acceptors (Lipinski definition) is 11. The third-order valence-corrected chi connectivity index (χ3v) is 12.5. The van der Waals surface area contributed by atoms with E-state index in [2.05, 4.69) is 32.2 Å². The van der Waals surface area contributed by atoms with Crippen molar-refractivity contribution in [2.45, 2.75) is 108 Å². The highest BCUT2D eigenvalue weighted by Crippen LogP contribution is 2.40. The molecule has 3 saturated heterocycles. The molecule has 2 amide bonds. The molecule has 3 aromatic heterocycles. The second-order valence-corrected chi connectivity index (χ2v) is 17.5. The number of pyridine rings is 1. The minimum atomic E-state index is -0.604. The van der Waals surface area contributed by atoms with Crippen molar-refractivity contribution < 1.29 is 28.6 Å². The van der Waals surface area contributed by atoms with Crippen molar-refractivity contribution in [1.82, 2.24) is 34.6 Å². The monoisotopic (exact) mass is 817 g/mol. The predicted octanol–water partition coefficient (Wildman–Crippen LogP) is 7.09. The molecule has 4 aliphatic rings. The van der Waals surface area contributed by atoms with Gasteiger partial charge >= 0.3 is 12.5 Å². The maximum absolute atomic E-state index is 14.3. The summed E-state index contributed by atoms with van der Waals surface area (Å²) >= 11 is 0. The Hall–Kier alpha value is -5.67. The molecule has 3 aliphatic heterocycles. The number of ether oxygens (including phenoxy) is 3. The molecule has 9 rings (SSSR count). The van der Waals surface area contributed by atoms with Crippen LogP contribution in [0, 0.1) is 0 Å². The maximum atomic E-state index is 14.3. The van der Waals surface area contributed by atoms with Crippen LogP contribution in [0.5, 0.6) is 11.5 Å². The second kappa shape index (κ2) is 16.8. The van der Waals surface area contributed by atoms with E-state index in [1.165, 1.54) is 6.42 Å². The van der Waals surface area contributed by atoms with Gasteiger partial charge in [0.1, 0.15) is 24.2 Å². The number of urea groups is 1. The average Bonchev–Trinajstić information content (AvgIpc) is 3.94. The Morgan fingerprint density at radius 2 is 1.75 bits per heavy atom. The van der Waals surface area contributed by atoms with Crippen LogP contribution < -0.4 is 24.8 Å². The molecule has 2 aromatic carbocycles. The van der Waals surface area contributed by atoms with Crippen molar-refractivity contribution >= 4 is 29.9 Å². The van der Waals surface area contributed by atoms with E-state index < -0.39 is 6.03 Å². The van der Waals surface area contributed by atoms with Crippen LogP contribution in [0.4, 0.5) is 16.6 Å². The Balaban J connectivity index is 0.931. The lowest BCUT2D eigenvalue weighted by molar-refractivity contribution is -0.129. The molecule has 5 atom stereocenters. The van der Waals surface area contributed by atoms with Crippen molar-refractivity contribution in [2.24, 2.45) is 0 Å². The smallest absolute Gasteiger partial charge is 0.357 e. The van der Waals surface area contributed by atoms with Gasteiger partial charge in [-0.2, -0.15) is 5.10 Å². The van der Waals surface area contributed by atoms with Crippen molar-refractivity contribution in [2.75, 3.05) is 42.9 Å². The molecule has 0 spiro atoms. The molecule has 0 saturated carbocycles. The van der Waals surface area contributed by atoms with Crippen LogP contribution in [0.25, 0.3) is 11.3 Å². The number of morpholine rings is 1. The number of piperidine rings is 1. The van der Waals surface area contributed by atoms with E-state index >= 15 is 0 Å². The summed E-state index contributed by atoms with van der Waals surface area (Å²) in [5.41, 5.74) is 3.67. The van der Waals surface area contributed by atoms with Gasteiger partial charge in [-0.05, 0) is 87.3 Å². The number of fused-ring (bicyclic) bond motifs is 4. The Morgan fingerprint density at radius 3 is 2.53 bits per heavy atom. The minimum Gasteiger partial charge on any atom is -0.492 e. The third kappa shape index (κ3) is 7.99. The molecule has 60 heavy (non-hydrogen) atoms. The van der Waals surface area contributed by atoms with E-state index in [4.69, 9.17) is 24.1 Å². The number of hydrogen-bond donors (Lipinski definition) is 1. The first-order chi connectivity index (χ1) is 29.1. The van der Waals surface area contributed by atoms with Gasteiger partial charge in [-0.25, -0.2) is 9.48 Å². The van der Waals surface area contributed by atoms with Crippen molar-refractivity contribution in [3.63, 3.8) is 0 Å². The van der Waals surface area contributed by atoms with Gasteiger partial charge in [-0.1, -0.05) is 51.1 Å². The lowest BCUT2D eigenvalue weighted by atomic mass is 9.85. The van der Waals surface area contributed by atoms with E-state index in [0.29, 0.717) is 60.5 Å². The minimum absolute atomic E-state index is 0.253. The fourth-order valence-electron chi connectivity index (χ4n) is 9.29. The molecule has 15 nitrogen and oxygen atoms in total. The zero-order chi connectivity index (χ0) is 41.4. The Morgan fingerprint density at radius 1 is 0.933 bits per heavy atom. The summed E-state index contributed by atoms with van der Waals surface area (Å²) in [6.45, 7) is 12.5. The van der Waals surface area contributed by atoms with Crippen molar-refractivity contribution in [1.29, 1.82) is 0 Å². The van der Waals surface area contributed by atoms with Crippen LogP contribution in [0.3, 0.4) is 0 Å².